The summed E-state index contributed by atoms with van der Waals surface area (Å²) in [6.07, 6.45) is 2.43. The van der Waals surface area contributed by atoms with Gasteiger partial charge in [0.2, 0.25) is 5.95 Å². The van der Waals surface area contributed by atoms with Gasteiger partial charge in [-0.2, -0.15) is 4.98 Å². The summed E-state index contributed by atoms with van der Waals surface area (Å²) in [6, 6.07) is 1.78. The zero-order valence-electron chi connectivity index (χ0n) is 11.0. The molecule has 0 amide bonds. The smallest absolute Gasteiger partial charge is 0.224 e. The van der Waals surface area contributed by atoms with Crippen molar-refractivity contribution in [3.63, 3.8) is 0 Å². The number of hydrogen-bond donors (Lipinski definition) is 3. The molecule has 1 aromatic rings. The predicted molar refractivity (Wildman–Crippen MR) is 70.1 cm³/mol. The largest absolute Gasteiger partial charge is 0.388 e. The van der Waals surface area contributed by atoms with E-state index in [0.29, 0.717) is 24.2 Å². The SMILES string of the molecule is CNc1nccc(NCC(C)(O)CC(C)C)n1. The summed E-state index contributed by atoms with van der Waals surface area (Å²) in [6.45, 7) is 6.50. The first-order chi connectivity index (χ1) is 7.93. The second-order valence-electron chi connectivity index (χ2n) is 4.96. The second-order valence-corrected chi connectivity index (χ2v) is 4.96. The van der Waals surface area contributed by atoms with E-state index in [2.05, 4.69) is 34.4 Å². The fourth-order valence-electron chi connectivity index (χ4n) is 1.81. The van der Waals surface area contributed by atoms with Gasteiger partial charge in [0.05, 0.1) is 5.60 Å². The molecular formula is C12H22N4O. The van der Waals surface area contributed by atoms with Gasteiger partial charge in [-0.1, -0.05) is 13.8 Å². The van der Waals surface area contributed by atoms with E-state index in [1.165, 1.54) is 0 Å². The van der Waals surface area contributed by atoms with Crippen LogP contribution in [0.25, 0.3) is 0 Å². The Balaban J connectivity index is 2.54. The molecule has 0 bridgehead atoms. The lowest BCUT2D eigenvalue weighted by Crippen LogP contribution is -2.35. The van der Waals surface area contributed by atoms with Gasteiger partial charge in [0.1, 0.15) is 5.82 Å². The van der Waals surface area contributed by atoms with Gasteiger partial charge in [0.15, 0.2) is 0 Å². The third kappa shape index (κ3) is 4.99. The van der Waals surface area contributed by atoms with Crippen molar-refractivity contribution < 1.29 is 5.11 Å². The first-order valence-corrected chi connectivity index (χ1v) is 5.90. The van der Waals surface area contributed by atoms with Crippen LogP contribution in [0.3, 0.4) is 0 Å². The van der Waals surface area contributed by atoms with E-state index in [4.69, 9.17) is 0 Å². The number of hydrogen-bond acceptors (Lipinski definition) is 5. The van der Waals surface area contributed by atoms with Crippen LogP contribution in [0.2, 0.25) is 0 Å². The maximum Gasteiger partial charge on any atom is 0.224 e. The molecule has 5 nitrogen and oxygen atoms in total. The van der Waals surface area contributed by atoms with Gasteiger partial charge in [-0.05, 0) is 25.3 Å². The molecule has 0 saturated heterocycles. The Bertz CT molecular complexity index is 352. The minimum Gasteiger partial charge on any atom is -0.388 e. The van der Waals surface area contributed by atoms with Crippen molar-refractivity contribution in [1.82, 2.24) is 9.97 Å². The fraction of sp³-hybridized carbons (Fsp3) is 0.667. The van der Waals surface area contributed by atoms with Crippen LogP contribution in [0.5, 0.6) is 0 Å². The third-order valence-corrected chi connectivity index (χ3v) is 2.38. The molecule has 1 rings (SSSR count). The van der Waals surface area contributed by atoms with Gasteiger partial charge in [0.25, 0.3) is 0 Å². The van der Waals surface area contributed by atoms with Crippen LogP contribution < -0.4 is 10.6 Å². The predicted octanol–water partition coefficient (Wildman–Crippen LogP) is 1.73. The zero-order valence-corrected chi connectivity index (χ0v) is 11.0. The Morgan fingerprint density at radius 1 is 1.47 bits per heavy atom. The first-order valence-electron chi connectivity index (χ1n) is 5.90. The molecule has 0 aromatic carbocycles. The van der Waals surface area contributed by atoms with E-state index >= 15 is 0 Å². The van der Waals surface area contributed by atoms with Crippen LogP contribution in [-0.4, -0.2) is 34.3 Å². The number of aromatic nitrogens is 2. The van der Waals surface area contributed by atoms with Crippen LogP contribution in [0.15, 0.2) is 12.3 Å². The van der Waals surface area contributed by atoms with Crippen molar-refractivity contribution in [3.8, 4) is 0 Å². The van der Waals surface area contributed by atoms with Gasteiger partial charge in [-0.25, -0.2) is 4.98 Å². The molecule has 1 heterocycles. The van der Waals surface area contributed by atoms with Gasteiger partial charge in [-0.3, -0.25) is 0 Å². The highest BCUT2D eigenvalue weighted by atomic mass is 16.3. The van der Waals surface area contributed by atoms with Crippen LogP contribution in [-0.2, 0) is 0 Å². The molecule has 3 N–H and O–H groups in total. The molecule has 0 fully saturated rings. The highest BCUT2D eigenvalue weighted by Gasteiger charge is 2.21. The summed E-state index contributed by atoms with van der Waals surface area (Å²) < 4.78 is 0. The number of anilines is 2. The van der Waals surface area contributed by atoms with Crippen molar-refractivity contribution in [2.24, 2.45) is 5.92 Å². The third-order valence-electron chi connectivity index (χ3n) is 2.38. The molecular weight excluding hydrogens is 216 g/mol. The summed E-state index contributed by atoms with van der Waals surface area (Å²) in [5, 5.41) is 16.1. The van der Waals surface area contributed by atoms with Crippen LogP contribution in [0, 0.1) is 5.92 Å². The molecule has 96 valence electrons. The Morgan fingerprint density at radius 3 is 2.76 bits per heavy atom. The van der Waals surface area contributed by atoms with E-state index in [-0.39, 0.29) is 0 Å². The van der Waals surface area contributed by atoms with E-state index in [9.17, 15) is 5.11 Å². The van der Waals surface area contributed by atoms with E-state index < -0.39 is 5.60 Å². The fourth-order valence-corrected chi connectivity index (χ4v) is 1.81. The maximum atomic E-state index is 10.2. The Morgan fingerprint density at radius 2 is 2.18 bits per heavy atom. The van der Waals surface area contributed by atoms with Crippen molar-refractivity contribution in [3.05, 3.63) is 12.3 Å². The van der Waals surface area contributed by atoms with Crippen molar-refractivity contribution in [2.45, 2.75) is 32.8 Å². The standard InChI is InChI=1S/C12H22N4O/c1-9(2)7-12(3,17)8-15-10-5-6-14-11(13-4)16-10/h5-6,9,17H,7-8H2,1-4H3,(H2,13,14,15,16). The van der Waals surface area contributed by atoms with Gasteiger partial charge in [-0.15, -0.1) is 0 Å². The molecule has 5 heteroatoms. The molecule has 0 aliphatic heterocycles. The Labute approximate surface area is 103 Å². The second kappa shape index (κ2) is 5.82. The average Bonchev–Trinajstić information content (AvgIpc) is 2.25. The molecule has 0 radical (unpaired) electrons. The minimum atomic E-state index is -0.723. The minimum absolute atomic E-state index is 0.463. The van der Waals surface area contributed by atoms with E-state index in [1.807, 2.05) is 6.92 Å². The van der Waals surface area contributed by atoms with E-state index in [0.717, 1.165) is 6.42 Å². The topological polar surface area (TPSA) is 70.1 Å². The van der Waals surface area contributed by atoms with Gasteiger partial charge < -0.3 is 15.7 Å². The number of rotatable bonds is 6. The first kappa shape index (κ1) is 13.7. The molecule has 0 spiro atoms. The lowest BCUT2D eigenvalue weighted by molar-refractivity contribution is 0.0515. The number of aliphatic hydroxyl groups is 1. The van der Waals surface area contributed by atoms with Crippen LogP contribution in [0.1, 0.15) is 27.2 Å². The average molecular weight is 238 g/mol. The lowest BCUT2D eigenvalue weighted by Gasteiger charge is -2.25. The van der Waals surface area contributed by atoms with Crippen molar-refractivity contribution in [1.29, 1.82) is 0 Å². The van der Waals surface area contributed by atoms with Gasteiger partial charge >= 0.3 is 0 Å². The monoisotopic (exact) mass is 238 g/mol. The summed E-state index contributed by atoms with van der Waals surface area (Å²) in [5.74, 6) is 1.75. The summed E-state index contributed by atoms with van der Waals surface area (Å²) in [5.41, 5.74) is -0.723. The highest BCUT2D eigenvalue weighted by molar-refractivity contribution is 5.39. The summed E-state index contributed by atoms with van der Waals surface area (Å²) in [7, 11) is 1.77. The molecule has 0 aliphatic carbocycles. The molecule has 1 atom stereocenters. The van der Waals surface area contributed by atoms with Crippen LogP contribution >= 0.6 is 0 Å². The highest BCUT2D eigenvalue weighted by Crippen LogP contribution is 2.17. The molecule has 0 saturated carbocycles. The quantitative estimate of drug-likeness (QED) is 0.704. The van der Waals surface area contributed by atoms with Gasteiger partial charge in [0, 0.05) is 19.8 Å². The summed E-state index contributed by atoms with van der Waals surface area (Å²) >= 11 is 0. The van der Waals surface area contributed by atoms with E-state index in [1.54, 1.807) is 19.3 Å². The maximum absolute atomic E-state index is 10.2. The Hall–Kier alpha value is -1.36. The van der Waals surface area contributed by atoms with Crippen LogP contribution in [0.4, 0.5) is 11.8 Å². The number of nitrogens with zero attached hydrogens (tertiary/aromatic N) is 2. The molecule has 0 aliphatic rings. The van der Waals surface area contributed by atoms with Crippen molar-refractivity contribution >= 4 is 11.8 Å². The zero-order chi connectivity index (χ0) is 12.9. The molecule has 1 aromatic heterocycles. The lowest BCUT2D eigenvalue weighted by atomic mass is 9.94. The molecule has 1 unspecified atom stereocenters. The number of nitrogens with one attached hydrogen (secondary N) is 2. The molecule has 17 heavy (non-hydrogen) atoms. The van der Waals surface area contributed by atoms with Crippen molar-refractivity contribution in [2.75, 3.05) is 24.2 Å². The normalized spacial score (nSPS) is 14.5. The Kier molecular flexibility index (Phi) is 4.69. The summed E-state index contributed by atoms with van der Waals surface area (Å²) in [4.78, 5) is 8.25.